The van der Waals surface area contributed by atoms with Gasteiger partial charge in [-0.05, 0) is 42.2 Å². The van der Waals surface area contributed by atoms with E-state index in [0.29, 0.717) is 6.42 Å². The van der Waals surface area contributed by atoms with Gasteiger partial charge in [-0.3, -0.25) is 4.79 Å². The van der Waals surface area contributed by atoms with Crippen molar-refractivity contribution in [2.75, 3.05) is 0 Å². The van der Waals surface area contributed by atoms with Crippen LogP contribution >= 0.6 is 24.9 Å². The van der Waals surface area contributed by atoms with Crippen molar-refractivity contribution in [3.63, 3.8) is 0 Å². The fraction of sp³-hybridized carbons (Fsp3) is 0.136. The predicted octanol–water partition coefficient (Wildman–Crippen LogP) is 4.43. The quantitative estimate of drug-likeness (QED) is 0.565. The van der Waals surface area contributed by atoms with E-state index in [4.69, 9.17) is 5.11 Å². The molecule has 134 valence electrons. The molecule has 0 aromatic heterocycles. The number of hydrogen-bond acceptors (Lipinski definition) is 1. The van der Waals surface area contributed by atoms with Crippen molar-refractivity contribution in [1.82, 2.24) is 0 Å². The fourth-order valence-electron chi connectivity index (χ4n) is 2.90. The maximum absolute atomic E-state index is 10.7. The standard InChI is InChI=1S/C22H21O2P.BrH/c23-22(24)16-8-10-18-9-7-15-21(17-18)25(19-11-3-1-4-12-19)20-13-5-2-6-14-20;/h1-7,9,11-15,17H,8,10,16H2,(H,23,24);1H. The molecule has 0 unspecified atom stereocenters. The van der Waals surface area contributed by atoms with E-state index in [-0.39, 0.29) is 23.4 Å². The van der Waals surface area contributed by atoms with Crippen LogP contribution in [0.4, 0.5) is 0 Å². The number of carboxylic acids is 1. The Kier molecular flexibility index (Phi) is 8.03. The number of halogens is 1. The minimum atomic E-state index is -0.730. The van der Waals surface area contributed by atoms with E-state index in [1.807, 2.05) is 12.1 Å². The van der Waals surface area contributed by atoms with Gasteiger partial charge in [0.2, 0.25) is 0 Å². The molecule has 3 aromatic rings. The molecule has 0 amide bonds. The highest BCUT2D eigenvalue weighted by atomic mass is 79.9. The Morgan fingerprint density at radius 3 is 1.85 bits per heavy atom. The van der Waals surface area contributed by atoms with Gasteiger partial charge in [0, 0.05) is 6.42 Å². The summed E-state index contributed by atoms with van der Waals surface area (Å²) in [5.41, 5.74) is 1.21. The number of hydrogen-bond donors (Lipinski definition) is 1. The monoisotopic (exact) mass is 428 g/mol. The van der Waals surface area contributed by atoms with E-state index in [1.165, 1.54) is 21.5 Å². The zero-order valence-corrected chi connectivity index (χ0v) is 17.0. The topological polar surface area (TPSA) is 37.3 Å². The van der Waals surface area contributed by atoms with Gasteiger partial charge in [-0.2, -0.15) is 0 Å². The van der Waals surface area contributed by atoms with Gasteiger partial charge in [0.05, 0.1) is 0 Å². The van der Waals surface area contributed by atoms with E-state index in [2.05, 4.69) is 72.8 Å². The van der Waals surface area contributed by atoms with Crippen LogP contribution in [0, 0.1) is 0 Å². The van der Waals surface area contributed by atoms with E-state index in [1.54, 1.807) is 0 Å². The minimum Gasteiger partial charge on any atom is -0.481 e. The van der Waals surface area contributed by atoms with Gasteiger partial charge in [0.15, 0.2) is 0 Å². The molecule has 3 aromatic carbocycles. The largest absolute Gasteiger partial charge is 0.481 e. The van der Waals surface area contributed by atoms with Crippen molar-refractivity contribution in [2.24, 2.45) is 0 Å². The summed E-state index contributed by atoms with van der Waals surface area (Å²) in [6.45, 7) is 0. The minimum absolute atomic E-state index is 0. The second kappa shape index (κ2) is 10.3. The molecule has 0 aliphatic heterocycles. The lowest BCUT2D eigenvalue weighted by atomic mass is 10.1. The second-order valence-electron chi connectivity index (χ2n) is 5.92. The summed E-state index contributed by atoms with van der Waals surface area (Å²) in [5.74, 6) is -0.730. The van der Waals surface area contributed by atoms with Crippen LogP contribution in [0.2, 0.25) is 0 Å². The Morgan fingerprint density at radius 1 is 0.769 bits per heavy atom. The predicted molar refractivity (Wildman–Crippen MR) is 116 cm³/mol. The van der Waals surface area contributed by atoms with Crippen LogP contribution in [0.25, 0.3) is 0 Å². The van der Waals surface area contributed by atoms with Crippen LogP contribution in [-0.2, 0) is 11.2 Å². The highest BCUT2D eigenvalue weighted by Gasteiger charge is 2.16. The summed E-state index contributed by atoms with van der Waals surface area (Å²) in [6.07, 6.45) is 1.69. The first kappa shape index (κ1) is 20.4. The fourth-order valence-corrected chi connectivity index (χ4v) is 5.26. The van der Waals surface area contributed by atoms with Crippen molar-refractivity contribution in [2.45, 2.75) is 19.3 Å². The maximum Gasteiger partial charge on any atom is 0.303 e. The summed E-state index contributed by atoms with van der Waals surface area (Å²) in [6, 6.07) is 29.8. The number of benzene rings is 3. The van der Waals surface area contributed by atoms with E-state index >= 15 is 0 Å². The zero-order valence-electron chi connectivity index (χ0n) is 14.4. The Hall–Kier alpha value is -1.96. The molecule has 26 heavy (non-hydrogen) atoms. The molecule has 0 atom stereocenters. The highest BCUT2D eigenvalue weighted by molar-refractivity contribution is 8.93. The highest BCUT2D eigenvalue weighted by Crippen LogP contribution is 2.32. The lowest BCUT2D eigenvalue weighted by Gasteiger charge is -2.20. The average Bonchev–Trinajstić information content (AvgIpc) is 2.64. The number of rotatable bonds is 7. The molecular weight excluding hydrogens is 407 g/mol. The summed E-state index contributed by atoms with van der Waals surface area (Å²) >= 11 is 0. The molecule has 0 aliphatic rings. The lowest BCUT2D eigenvalue weighted by molar-refractivity contribution is -0.137. The number of carbonyl (C=O) groups is 1. The molecule has 0 heterocycles. The molecule has 3 rings (SSSR count). The van der Waals surface area contributed by atoms with E-state index in [9.17, 15) is 4.79 Å². The van der Waals surface area contributed by atoms with Gasteiger partial charge in [-0.15, -0.1) is 17.0 Å². The summed E-state index contributed by atoms with van der Waals surface area (Å²) in [7, 11) is -0.606. The van der Waals surface area contributed by atoms with Crippen LogP contribution in [0.1, 0.15) is 18.4 Å². The molecule has 0 aliphatic carbocycles. The Labute approximate surface area is 166 Å². The molecular formula is C22H22BrO2P. The number of carboxylic acid groups (broad SMARTS) is 1. The third-order valence-corrected chi connectivity index (χ3v) is 6.48. The van der Waals surface area contributed by atoms with Gasteiger partial charge >= 0.3 is 5.97 Å². The molecule has 4 heteroatoms. The van der Waals surface area contributed by atoms with Crippen molar-refractivity contribution >= 4 is 46.8 Å². The van der Waals surface area contributed by atoms with E-state index < -0.39 is 13.9 Å². The molecule has 0 spiro atoms. The van der Waals surface area contributed by atoms with Crippen molar-refractivity contribution < 1.29 is 9.90 Å². The lowest BCUT2D eigenvalue weighted by Crippen LogP contribution is -2.20. The van der Waals surface area contributed by atoms with Gasteiger partial charge in [0.1, 0.15) is 0 Å². The van der Waals surface area contributed by atoms with Crippen molar-refractivity contribution in [1.29, 1.82) is 0 Å². The summed E-state index contributed by atoms with van der Waals surface area (Å²) < 4.78 is 0. The molecule has 0 saturated carbocycles. The van der Waals surface area contributed by atoms with Crippen molar-refractivity contribution in [3.8, 4) is 0 Å². The summed E-state index contributed by atoms with van der Waals surface area (Å²) in [5, 5.41) is 12.8. The number of aryl methyl sites for hydroxylation is 1. The molecule has 0 fully saturated rings. The molecule has 0 saturated heterocycles. The first-order valence-electron chi connectivity index (χ1n) is 8.45. The smallest absolute Gasteiger partial charge is 0.303 e. The second-order valence-corrected chi connectivity index (χ2v) is 8.14. The van der Waals surface area contributed by atoms with Gasteiger partial charge in [-0.1, -0.05) is 84.9 Å². The zero-order chi connectivity index (χ0) is 17.5. The van der Waals surface area contributed by atoms with Gasteiger partial charge in [0.25, 0.3) is 0 Å². The van der Waals surface area contributed by atoms with Crippen LogP contribution < -0.4 is 15.9 Å². The summed E-state index contributed by atoms with van der Waals surface area (Å²) in [4.78, 5) is 10.7. The Bertz CT molecular complexity index is 782. The molecule has 2 nitrogen and oxygen atoms in total. The first-order valence-corrected chi connectivity index (χ1v) is 9.79. The Balaban J connectivity index is 0.00000243. The van der Waals surface area contributed by atoms with Crippen LogP contribution in [0.15, 0.2) is 84.9 Å². The molecule has 0 radical (unpaired) electrons. The van der Waals surface area contributed by atoms with Gasteiger partial charge in [-0.25, -0.2) is 0 Å². The maximum atomic E-state index is 10.7. The SMILES string of the molecule is Br.O=C(O)CCCc1cccc(P(c2ccccc2)c2ccccc2)c1. The van der Waals surface area contributed by atoms with Gasteiger partial charge < -0.3 is 5.11 Å². The average molecular weight is 429 g/mol. The first-order chi connectivity index (χ1) is 12.2. The molecule has 1 N–H and O–H groups in total. The normalized spacial score (nSPS) is 10.3. The van der Waals surface area contributed by atoms with Crippen molar-refractivity contribution in [3.05, 3.63) is 90.5 Å². The van der Waals surface area contributed by atoms with Crippen LogP contribution in [0.3, 0.4) is 0 Å². The third kappa shape index (κ3) is 5.52. The third-order valence-electron chi connectivity index (χ3n) is 4.05. The van der Waals surface area contributed by atoms with Crippen LogP contribution in [0.5, 0.6) is 0 Å². The molecule has 0 bridgehead atoms. The number of aliphatic carboxylic acids is 1. The Morgan fingerprint density at radius 2 is 1.31 bits per heavy atom. The van der Waals surface area contributed by atoms with Crippen LogP contribution in [-0.4, -0.2) is 11.1 Å². The van der Waals surface area contributed by atoms with E-state index in [0.717, 1.165) is 6.42 Å².